The highest BCUT2D eigenvalue weighted by atomic mass is 16.5. The first-order valence-corrected chi connectivity index (χ1v) is 10.8. The molecule has 0 radical (unpaired) electrons. The predicted octanol–water partition coefficient (Wildman–Crippen LogP) is 3.39. The Labute approximate surface area is 172 Å². The summed E-state index contributed by atoms with van der Waals surface area (Å²) in [6, 6.07) is 0.246. The first-order chi connectivity index (χ1) is 13.9. The average Bonchev–Trinajstić information content (AvgIpc) is 3.09. The standard InChI is InChI=1S/C21H33N5O3/c1-5-15(6-2)23-18-17-19(26(13-22-17)12-16(27)29-7-3)25-20(24-18)21(28)10-8-9-14(4)11-21/h13-15,28H,5-12H2,1-4H3,(H,23,24,25)/t14-,21+/m1/s1. The van der Waals surface area contributed by atoms with Crippen molar-refractivity contribution >= 4 is 23.0 Å². The van der Waals surface area contributed by atoms with E-state index in [0.29, 0.717) is 48.2 Å². The van der Waals surface area contributed by atoms with Gasteiger partial charge in [0.15, 0.2) is 17.3 Å². The first-order valence-electron chi connectivity index (χ1n) is 10.8. The number of aliphatic hydroxyl groups is 1. The van der Waals surface area contributed by atoms with Gasteiger partial charge in [0.05, 0.1) is 12.9 Å². The Balaban J connectivity index is 2.07. The van der Waals surface area contributed by atoms with Crippen LogP contribution in [0.2, 0.25) is 0 Å². The Morgan fingerprint density at radius 2 is 2.14 bits per heavy atom. The molecule has 1 saturated carbocycles. The van der Waals surface area contributed by atoms with Crippen molar-refractivity contribution in [3.05, 3.63) is 12.2 Å². The Morgan fingerprint density at radius 1 is 1.38 bits per heavy atom. The van der Waals surface area contributed by atoms with Crippen molar-refractivity contribution < 1.29 is 14.6 Å². The number of aromatic nitrogens is 4. The van der Waals surface area contributed by atoms with Crippen molar-refractivity contribution in [3.8, 4) is 0 Å². The van der Waals surface area contributed by atoms with E-state index in [0.717, 1.165) is 25.7 Å². The second kappa shape index (κ2) is 9.07. The maximum Gasteiger partial charge on any atom is 0.326 e. The smallest absolute Gasteiger partial charge is 0.326 e. The molecule has 2 heterocycles. The summed E-state index contributed by atoms with van der Waals surface area (Å²) in [6.45, 7) is 8.52. The number of carbonyl (C=O) groups is 1. The minimum Gasteiger partial charge on any atom is -0.465 e. The summed E-state index contributed by atoms with van der Waals surface area (Å²) < 4.78 is 6.75. The second-order valence-corrected chi connectivity index (χ2v) is 8.14. The van der Waals surface area contributed by atoms with Crippen LogP contribution in [0.25, 0.3) is 11.2 Å². The molecule has 8 nitrogen and oxygen atoms in total. The Kier molecular flexibility index (Phi) is 6.72. The van der Waals surface area contributed by atoms with Crippen LogP contribution in [0.1, 0.15) is 72.0 Å². The third-order valence-corrected chi connectivity index (χ3v) is 5.78. The predicted molar refractivity (Wildman–Crippen MR) is 111 cm³/mol. The lowest BCUT2D eigenvalue weighted by Crippen LogP contribution is -2.34. The zero-order valence-electron chi connectivity index (χ0n) is 17.9. The van der Waals surface area contributed by atoms with E-state index in [-0.39, 0.29) is 18.6 Å². The van der Waals surface area contributed by atoms with Gasteiger partial charge in [0.1, 0.15) is 17.7 Å². The van der Waals surface area contributed by atoms with Crippen LogP contribution < -0.4 is 5.32 Å². The van der Waals surface area contributed by atoms with Gasteiger partial charge in [-0.2, -0.15) is 0 Å². The van der Waals surface area contributed by atoms with Crippen LogP contribution in [-0.2, 0) is 21.7 Å². The highest BCUT2D eigenvalue weighted by Gasteiger charge is 2.38. The van der Waals surface area contributed by atoms with Gasteiger partial charge in [0.25, 0.3) is 0 Å². The second-order valence-electron chi connectivity index (χ2n) is 8.14. The van der Waals surface area contributed by atoms with E-state index in [2.05, 4.69) is 36.1 Å². The van der Waals surface area contributed by atoms with Gasteiger partial charge >= 0.3 is 5.97 Å². The van der Waals surface area contributed by atoms with Crippen LogP contribution in [0.15, 0.2) is 6.33 Å². The molecular weight excluding hydrogens is 370 g/mol. The quantitative estimate of drug-likeness (QED) is 0.651. The van der Waals surface area contributed by atoms with Crippen molar-refractivity contribution in [3.63, 3.8) is 0 Å². The molecule has 1 fully saturated rings. The number of rotatable bonds is 8. The van der Waals surface area contributed by atoms with Crippen molar-refractivity contribution in [1.29, 1.82) is 0 Å². The molecule has 0 unspecified atom stereocenters. The Bertz CT molecular complexity index is 848. The summed E-state index contributed by atoms with van der Waals surface area (Å²) in [5.74, 6) is 1.10. The summed E-state index contributed by atoms with van der Waals surface area (Å²) >= 11 is 0. The molecule has 2 atom stereocenters. The average molecular weight is 404 g/mol. The fraction of sp³-hybridized carbons (Fsp3) is 0.714. The number of esters is 1. The number of ether oxygens (including phenoxy) is 1. The highest BCUT2D eigenvalue weighted by molar-refractivity contribution is 5.84. The van der Waals surface area contributed by atoms with Gasteiger partial charge in [0, 0.05) is 6.04 Å². The molecule has 0 saturated heterocycles. The molecule has 8 heteroatoms. The Hall–Kier alpha value is -2.22. The lowest BCUT2D eigenvalue weighted by atomic mass is 9.78. The molecule has 3 rings (SSSR count). The molecule has 1 aliphatic carbocycles. The van der Waals surface area contributed by atoms with Crippen LogP contribution in [0, 0.1) is 5.92 Å². The van der Waals surface area contributed by atoms with E-state index < -0.39 is 5.60 Å². The first kappa shape index (κ1) is 21.5. The normalized spacial score (nSPS) is 22.2. The summed E-state index contributed by atoms with van der Waals surface area (Å²) in [5.41, 5.74) is 0.0930. The van der Waals surface area contributed by atoms with E-state index >= 15 is 0 Å². The molecule has 2 aromatic heterocycles. The lowest BCUT2D eigenvalue weighted by molar-refractivity contribution is -0.143. The Morgan fingerprint density at radius 3 is 2.79 bits per heavy atom. The van der Waals surface area contributed by atoms with Crippen LogP contribution in [-0.4, -0.2) is 43.2 Å². The third kappa shape index (κ3) is 4.69. The van der Waals surface area contributed by atoms with Crippen LogP contribution in [0.3, 0.4) is 0 Å². The topological polar surface area (TPSA) is 102 Å². The molecule has 0 bridgehead atoms. The van der Waals surface area contributed by atoms with E-state index in [1.165, 1.54) is 0 Å². The number of nitrogens with one attached hydrogen (secondary N) is 1. The number of fused-ring (bicyclic) bond motifs is 1. The van der Waals surface area contributed by atoms with Crippen molar-refractivity contribution in [2.75, 3.05) is 11.9 Å². The number of carbonyl (C=O) groups excluding carboxylic acids is 1. The van der Waals surface area contributed by atoms with Gasteiger partial charge in [0.2, 0.25) is 0 Å². The SMILES string of the molecule is CCOC(=O)Cn1cnc2c(NC(CC)CC)nc([C@]3(O)CCC[C@@H](C)C3)nc21. The number of hydrogen-bond acceptors (Lipinski definition) is 7. The van der Waals surface area contributed by atoms with Gasteiger partial charge in [-0.1, -0.05) is 27.2 Å². The van der Waals surface area contributed by atoms with Crippen molar-refractivity contribution in [1.82, 2.24) is 19.5 Å². The highest BCUT2D eigenvalue weighted by Crippen LogP contribution is 2.39. The molecule has 2 N–H and O–H groups in total. The van der Waals surface area contributed by atoms with Crippen molar-refractivity contribution in [2.24, 2.45) is 5.92 Å². The summed E-state index contributed by atoms with van der Waals surface area (Å²) in [5, 5.41) is 14.8. The van der Waals surface area contributed by atoms with Crippen molar-refractivity contribution in [2.45, 2.75) is 84.4 Å². The minimum absolute atomic E-state index is 0.0278. The number of hydrogen-bond donors (Lipinski definition) is 2. The van der Waals surface area contributed by atoms with E-state index in [1.807, 2.05) is 0 Å². The van der Waals surface area contributed by atoms with Crippen LogP contribution in [0.4, 0.5) is 5.82 Å². The van der Waals surface area contributed by atoms with Gasteiger partial charge in [-0.25, -0.2) is 15.0 Å². The third-order valence-electron chi connectivity index (χ3n) is 5.78. The number of nitrogens with zero attached hydrogens (tertiary/aromatic N) is 4. The number of imidazole rings is 1. The lowest BCUT2D eigenvalue weighted by Gasteiger charge is -2.34. The van der Waals surface area contributed by atoms with E-state index in [9.17, 15) is 9.90 Å². The van der Waals surface area contributed by atoms with Crippen LogP contribution in [0.5, 0.6) is 0 Å². The molecule has 0 amide bonds. The van der Waals surface area contributed by atoms with Gasteiger partial charge < -0.3 is 19.7 Å². The van der Waals surface area contributed by atoms with E-state index in [4.69, 9.17) is 9.72 Å². The molecule has 0 spiro atoms. The molecule has 160 valence electrons. The number of anilines is 1. The largest absolute Gasteiger partial charge is 0.465 e. The zero-order chi connectivity index (χ0) is 21.0. The summed E-state index contributed by atoms with van der Waals surface area (Å²) in [7, 11) is 0. The fourth-order valence-electron chi connectivity index (χ4n) is 4.13. The summed E-state index contributed by atoms with van der Waals surface area (Å²) in [4.78, 5) is 25.9. The maximum atomic E-state index is 12.0. The van der Waals surface area contributed by atoms with E-state index in [1.54, 1.807) is 17.8 Å². The molecular formula is C21H33N5O3. The van der Waals surface area contributed by atoms with Gasteiger partial charge in [-0.3, -0.25) is 4.79 Å². The molecule has 1 aliphatic rings. The minimum atomic E-state index is -1.06. The molecule has 2 aromatic rings. The maximum absolute atomic E-state index is 12.0. The van der Waals surface area contributed by atoms with Gasteiger partial charge in [-0.15, -0.1) is 0 Å². The molecule has 0 aromatic carbocycles. The zero-order valence-corrected chi connectivity index (χ0v) is 17.9. The monoisotopic (exact) mass is 403 g/mol. The molecule has 29 heavy (non-hydrogen) atoms. The summed E-state index contributed by atoms with van der Waals surface area (Å²) in [6.07, 6.45) is 6.80. The molecule has 0 aliphatic heterocycles. The van der Waals surface area contributed by atoms with Crippen LogP contribution >= 0.6 is 0 Å². The fourth-order valence-corrected chi connectivity index (χ4v) is 4.13. The van der Waals surface area contributed by atoms with Gasteiger partial charge in [-0.05, 0) is 44.9 Å².